The molecule has 0 spiro atoms. The molecule has 0 unspecified atom stereocenters. The number of nitro groups is 1. The summed E-state index contributed by atoms with van der Waals surface area (Å²) < 4.78 is 24.9. The van der Waals surface area contributed by atoms with Gasteiger partial charge in [-0.05, 0) is 93.1 Å². The van der Waals surface area contributed by atoms with Crippen LogP contribution in [0.1, 0.15) is 56.1 Å². The number of furan rings is 1. The van der Waals surface area contributed by atoms with Crippen molar-refractivity contribution in [3.8, 4) is 22.9 Å². The van der Waals surface area contributed by atoms with Gasteiger partial charge in [0, 0.05) is 28.7 Å². The van der Waals surface area contributed by atoms with Crippen LogP contribution < -0.4 is 19.6 Å². The molecule has 13 nitrogen and oxygen atoms in total. The van der Waals surface area contributed by atoms with Crippen LogP contribution in [-0.2, 0) is 13.2 Å². The maximum absolute atomic E-state index is 12.7. The van der Waals surface area contributed by atoms with Crippen LogP contribution in [0.2, 0.25) is 0 Å². The number of aryl methyl sites for hydroxylation is 2. The molecule has 1 amide bonds. The second-order valence-corrected chi connectivity index (χ2v) is 10.6. The lowest BCUT2D eigenvalue weighted by atomic mass is 10.1. The maximum Gasteiger partial charge on any atom is 0.335 e. The lowest BCUT2D eigenvalue weighted by Gasteiger charge is -2.13. The van der Waals surface area contributed by atoms with Gasteiger partial charge in [-0.15, -0.1) is 0 Å². The Labute approximate surface area is 275 Å². The minimum Gasteiger partial charge on any atom is -0.490 e. The number of ether oxygens (including phenoxy) is 3. The molecule has 2 aromatic heterocycles. The van der Waals surface area contributed by atoms with Crippen LogP contribution >= 0.6 is 0 Å². The quantitative estimate of drug-likeness (QED) is 0.0761. The number of amides is 1. The van der Waals surface area contributed by atoms with E-state index in [1.54, 1.807) is 25.1 Å². The summed E-state index contributed by atoms with van der Waals surface area (Å²) in [6.07, 6.45) is 1.22. The first-order valence-corrected chi connectivity index (χ1v) is 14.8. The first-order valence-electron chi connectivity index (χ1n) is 14.8. The molecule has 0 aliphatic rings. The first kappa shape index (κ1) is 33.0. The number of carboxylic acid groups (broad SMARTS) is 1. The average molecular weight is 653 g/mol. The zero-order chi connectivity index (χ0) is 34.2. The standard InChI is InChI=1S/C35H32N4O9/c1-4-45-32-18-25(17-30(39(43)44)33(32)47-20-24-6-5-7-26(16-24)35(41)42)19-36-37-34(40)31-15-14-29(48-31)21-46-28-12-10-27(11-13-28)38-22(2)8-9-23(38)3/h5-19H,4,20-21H2,1-3H3,(H,37,40)(H,41,42)/b36-19+. The van der Waals surface area contributed by atoms with E-state index < -0.39 is 22.5 Å². The minimum atomic E-state index is -1.11. The van der Waals surface area contributed by atoms with Crippen LogP contribution in [-0.4, -0.2) is 39.3 Å². The van der Waals surface area contributed by atoms with Crippen LogP contribution in [0.3, 0.4) is 0 Å². The number of nitrogens with one attached hydrogen (secondary N) is 1. The molecule has 48 heavy (non-hydrogen) atoms. The molecule has 0 saturated heterocycles. The predicted octanol–water partition coefficient (Wildman–Crippen LogP) is 6.61. The number of hydrazone groups is 1. The van der Waals surface area contributed by atoms with Crippen LogP contribution in [0, 0.1) is 24.0 Å². The van der Waals surface area contributed by atoms with E-state index in [-0.39, 0.29) is 48.2 Å². The minimum absolute atomic E-state index is 0.00337. The van der Waals surface area contributed by atoms with Gasteiger partial charge < -0.3 is 28.3 Å². The number of carbonyl (C=O) groups is 2. The van der Waals surface area contributed by atoms with E-state index >= 15 is 0 Å². The summed E-state index contributed by atoms with van der Waals surface area (Å²) in [6, 6.07) is 23.6. The van der Waals surface area contributed by atoms with Crippen molar-refractivity contribution in [1.29, 1.82) is 0 Å². The van der Waals surface area contributed by atoms with Crippen molar-refractivity contribution in [3.63, 3.8) is 0 Å². The number of hydrogen-bond donors (Lipinski definition) is 2. The van der Waals surface area contributed by atoms with Crippen molar-refractivity contribution in [2.24, 2.45) is 5.10 Å². The largest absolute Gasteiger partial charge is 0.490 e. The summed E-state index contributed by atoms with van der Waals surface area (Å²) in [5.41, 5.74) is 6.04. The molecule has 5 aromatic rings. The Balaban J connectivity index is 1.21. The number of carbonyl (C=O) groups excluding carboxylic acids is 1. The van der Waals surface area contributed by atoms with E-state index in [4.69, 9.17) is 18.6 Å². The van der Waals surface area contributed by atoms with E-state index in [0.717, 1.165) is 17.1 Å². The molecule has 0 aliphatic heterocycles. The Morgan fingerprint density at radius 1 is 0.958 bits per heavy atom. The summed E-state index contributed by atoms with van der Waals surface area (Å²) in [7, 11) is 0. The highest BCUT2D eigenvalue weighted by Gasteiger charge is 2.23. The number of aromatic carboxylic acids is 1. The Morgan fingerprint density at radius 2 is 1.71 bits per heavy atom. The van der Waals surface area contributed by atoms with E-state index in [9.17, 15) is 24.8 Å². The molecule has 246 valence electrons. The maximum atomic E-state index is 12.7. The van der Waals surface area contributed by atoms with Crippen molar-refractivity contribution in [2.75, 3.05) is 6.61 Å². The zero-order valence-electron chi connectivity index (χ0n) is 26.3. The van der Waals surface area contributed by atoms with E-state index in [2.05, 4.69) is 27.2 Å². The van der Waals surface area contributed by atoms with Gasteiger partial charge in [0.05, 0.1) is 23.3 Å². The Kier molecular flexibility index (Phi) is 10.2. The molecule has 3 aromatic carbocycles. The molecule has 5 rings (SSSR count). The van der Waals surface area contributed by atoms with Gasteiger partial charge in [-0.3, -0.25) is 14.9 Å². The summed E-state index contributed by atoms with van der Waals surface area (Å²) in [5.74, 6) is -0.736. The molecule has 0 saturated carbocycles. The van der Waals surface area contributed by atoms with E-state index in [1.807, 2.05) is 38.1 Å². The van der Waals surface area contributed by atoms with Gasteiger partial charge in [0.15, 0.2) is 11.5 Å². The van der Waals surface area contributed by atoms with Gasteiger partial charge in [-0.1, -0.05) is 12.1 Å². The SMILES string of the molecule is CCOc1cc(/C=N/NC(=O)c2ccc(COc3ccc(-n4c(C)ccc4C)cc3)o2)cc([N+](=O)[O-])c1OCc1cccc(C(=O)O)c1. The van der Waals surface area contributed by atoms with Crippen molar-refractivity contribution >= 4 is 23.8 Å². The third-order valence-corrected chi connectivity index (χ3v) is 7.12. The van der Waals surface area contributed by atoms with Crippen LogP contribution in [0.15, 0.2) is 94.4 Å². The molecule has 2 heterocycles. The van der Waals surface area contributed by atoms with Crippen LogP contribution in [0.4, 0.5) is 5.69 Å². The Bertz CT molecular complexity index is 1960. The van der Waals surface area contributed by atoms with E-state index in [0.29, 0.717) is 17.1 Å². The zero-order valence-corrected chi connectivity index (χ0v) is 26.3. The third-order valence-electron chi connectivity index (χ3n) is 7.12. The summed E-state index contributed by atoms with van der Waals surface area (Å²) in [5, 5.41) is 25.1. The molecule has 0 bridgehead atoms. The molecule has 0 radical (unpaired) electrons. The first-order chi connectivity index (χ1) is 23.1. The number of carboxylic acids is 1. The fourth-order valence-corrected chi connectivity index (χ4v) is 4.90. The number of benzene rings is 3. The van der Waals surface area contributed by atoms with Crippen molar-refractivity contribution in [2.45, 2.75) is 34.0 Å². The van der Waals surface area contributed by atoms with Gasteiger partial charge in [0.25, 0.3) is 0 Å². The average Bonchev–Trinajstić information content (AvgIpc) is 3.69. The monoisotopic (exact) mass is 652 g/mol. The topological polar surface area (TPSA) is 168 Å². The highest BCUT2D eigenvalue weighted by molar-refractivity contribution is 5.92. The highest BCUT2D eigenvalue weighted by atomic mass is 16.6. The summed E-state index contributed by atoms with van der Waals surface area (Å²) >= 11 is 0. The number of aromatic nitrogens is 1. The van der Waals surface area contributed by atoms with Gasteiger partial charge in [0.1, 0.15) is 24.7 Å². The molecule has 0 aliphatic carbocycles. The second-order valence-electron chi connectivity index (χ2n) is 10.6. The van der Waals surface area contributed by atoms with Crippen LogP contribution in [0.25, 0.3) is 5.69 Å². The second kappa shape index (κ2) is 14.8. The lowest BCUT2D eigenvalue weighted by molar-refractivity contribution is -0.386. The van der Waals surface area contributed by atoms with Gasteiger partial charge in [-0.2, -0.15) is 5.10 Å². The lowest BCUT2D eigenvalue weighted by Crippen LogP contribution is -2.16. The van der Waals surface area contributed by atoms with Gasteiger partial charge in [-0.25, -0.2) is 10.2 Å². The molecule has 13 heteroatoms. The predicted molar refractivity (Wildman–Crippen MR) is 175 cm³/mol. The number of nitrogens with zero attached hydrogens (tertiary/aromatic N) is 3. The van der Waals surface area contributed by atoms with E-state index in [1.165, 1.54) is 36.5 Å². The van der Waals surface area contributed by atoms with Crippen LogP contribution in [0.5, 0.6) is 17.2 Å². The fourth-order valence-electron chi connectivity index (χ4n) is 4.90. The number of hydrogen-bond acceptors (Lipinski definition) is 9. The summed E-state index contributed by atoms with van der Waals surface area (Å²) in [6.45, 7) is 5.94. The van der Waals surface area contributed by atoms with Crippen molar-refractivity contribution in [3.05, 3.63) is 135 Å². The molecule has 2 N–H and O–H groups in total. The smallest absolute Gasteiger partial charge is 0.335 e. The normalized spacial score (nSPS) is 11.0. The number of rotatable bonds is 14. The Hall–Kier alpha value is -6.37. The van der Waals surface area contributed by atoms with Crippen molar-refractivity contribution < 1.29 is 38.2 Å². The van der Waals surface area contributed by atoms with Gasteiger partial charge >= 0.3 is 17.6 Å². The molecular formula is C35H32N4O9. The number of nitro benzene ring substituents is 1. The van der Waals surface area contributed by atoms with Gasteiger partial charge in [0.2, 0.25) is 5.75 Å². The molecule has 0 atom stereocenters. The summed E-state index contributed by atoms with van der Waals surface area (Å²) in [4.78, 5) is 35.3. The molecule has 0 fully saturated rings. The molecular weight excluding hydrogens is 620 g/mol. The third kappa shape index (κ3) is 7.88. The van der Waals surface area contributed by atoms with Crippen molar-refractivity contribution in [1.82, 2.24) is 9.99 Å². The fraction of sp³-hybridized carbons (Fsp3) is 0.171. The Morgan fingerprint density at radius 3 is 2.40 bits per heavy atom. The highest BCUT2D eigenvalue weighted by Crippen LogP contribution is 2.39.